The molecule has 10 aromatic rings. The quantitative estimate of drug-likeness (QED) is 0.0658. The summed E-state index contributed by atoms with van der Waals surface area (Å²) in [6, 6.07) is 60.7. The molecule has 0 radical (unpaired) electrons. The van der Waals surface area contributed by atoms with Crippen LogP contribution in [0, 0.1) is 3.57 Å². The van der Waals surface area contributed by atoms with Crippen LogP contribution >= 0.6 is 45.5 Å². The number of amides is 2. The Labute approximate surface area is 379 Å². The van der Waals surface area contributed by atoms with Gasteiger partial charge < -0.3 is 8.96 Å². The summed E-state index contributed by atoms with van der Waals surface area (Å²) < 4.78 is 7.64. The molecule has 2 amide bonds. The summed E-state index contributed by atoms with van der Waals surface area (Å²) in [5, 5.41) is 5.48. The normalized spacial score (nSPS) is 14.2. The van der Waals surface area contributed by atoms with E-state index < -0.39 is 0 Å². The Morgan fingerprint density at radius 2 is 0.705 bits per heavy atom. The average Bonchev–Trinajstić information content (AvgIpc) is 3.93. The third-order valence-electron chi connectivity index (χ3n) is 13.4. The van der Waals surface area contributed by atoms with E-state index in [2.05, 4.69) is 195 Å². The fourth-order valence-electron chi connectivity index (χ4n) is 11.1. The van der Waals surface area contributed by atoms with Crippen LogP contribution in [0.4, 0.5) is 0 Å². The molecule has 5 aliphatic heterocycles. The summed E-state index contributed by atoms with van der Waals surface area (Å²) in [6.07, 6.45) is 0.781. The number of carbonyl (C=O) groups is 2. The molecule has 1 fully saturated rings. The molecule has 2 aromatic heterocycles. The van der Waals surface area contributed by atoms with Crippen molar-refractivity contribution in [3.63, 3.8) is 0 Å². The first kappa shape index (κ1) is 35.8. The molecule has 0 bridgehead atoms. The zero-order chi connectivity index (χ0) is 40.7. The average molecular weight is 1010 g/mol. The van der Waals surface area contributed by atoms with Gasteiger partial charge in [-0.2, -0.15) is 0 Å². The summed E-state index contributed by atoms with van der Waals surface area (Å²) in [4.78, 5) is 21.0. The molecule has 5 aliphatic rings. The smallest absolute Gasteiger partial charge is 0.329 e. The maximum Gasteiger partial charge on any atom is 0.329 e. The lowest BCUT2D eigenvalue weighted by Gasteiger charge is -2.32. The Kier molecular flexibility index (Phi) is 7.80. The van der Waals surface area contributed by atoms with Crippen LogP contribution in [0.25, 0.3) is 88.1 Å². The van der Waals surface area contributed by atoms with E-state index in [-0.39, 0.29) is 25.5 Å². The highest BCUT2D eigenvalue weighted by molar-refractivity contribution is 14.1. The minimum Gasteiger partial charge on any atom is -0.375 e. The van der Waals surface area contributed by atoms with Crippen molar-refractivity contribution in [3.05, 3.63) is 167 Å². The Morgan fingerprint density at radius 1 is 0.377 bits per heavy atom. The van der Waals surface area contributed by atoms with Gasteiger partial charge in [0.15, 0.2) is 0 Å². The number of fused-ring (bicyclic) bond motifs is 14. The fourth-order valence-corrected chi connectivity index (χ4v) is 12.2. The number of hydrogen-bond donors (Lipinski definition) is 0. The van der Waals surface area contributed by atoms with Gasteiger partial charge in [-0.25, -0.2) is 3.11 Å². The van der Waals surface area contributed by atoms with E-state index >= 15 is 0 Å². The van der Waals surface area contributed by atoms with Crippen LogP contribution in [0.5, 0.6) is 0 Å². The molecule has 1 saturated heterocycles. The number of imide groups is 1. The largest absolute Gasteiger partial charge is 0.375 e. The second-order valence-corrected chi connectivity index (χ2v) is 18.6. The first-order valence-corrected chi connectivity index (χ1v) is 22.7. The number of carbonyl (C=O) groups excluding carboxylic acids is 2. The minimum atomic E-state index is -0.0735. The molecule has 0 spiro atoms. The zero-order valence-corrected chi connectivity index (χ0v) is 36.9. The van der Waals surface area contributed by atoms with Crippen molar-refractivity contribution in [2.75, 3.05) is 0 Å². The van der Waals surface area contributed by atoms with Gasteiger partial charge in [-0.15, -0.1) is 0 Å². The lowest BCUT2D eigenvalue weighted by atomic mass is 9.45. The lowest BCUT2D eigenvalue weighted by molar-refractivity contribution is -0.130. The van der Waals surface area contributed by atoms with E-state index in [0.717, 1.165) is 3.11 Å². The Balaban J connectivity index is 0.000000106. The Hall–Kier alpha value is -5.91. The highest BCUT2D eigenvalue weighted by Crippen LogP contribution is 2.46. The monoisotopic (exact) mass is 1010 g/mol. The number of halogens is 2. The van der Waals surface area contributed by atoms with Crippen LogP contribution in [0.15, 0.2) is 164 Å². The first-order chi connectivity index (χ1) is 30.0. The fraction of sp³-hybridized carbons (Fsp3) is 0.0385. The molecule has 7 heterocycles. The molecule has 0 N–H and O–H groups in total. The molecule has 15 rings (SSSR count). The van der Waals surface area contributed by atoms with E-state index in [1.54, 1.807) is 22.9 Å². The summed E-state index contributed by atoms with van der Waals surface area (Å²) in [5.74, 6) is -0.147. The van der Waals surface area contributed by atoms with Crippen molar-refractivity contribution in [1.82, 2.24) is 12.1 Å². The van der Waals surface area contributed by atoms with Crippen LogP contribution in [-0.4, -0.2) is 37.6 Å². The number of hydrogen-bond acceptors (Lipinski definition) is 2. The molecule has 0 unspecified atom stereocenters. The minimum absolute atomic E-state index is 0.0735. The Bertz CT molecular complexity index is 3490. The van der Waals surface area contributed by atoms with Crippen molar-refractivity contribution in [2.45, 2.75) is 12.8 Å². The van der Waals surface area contributed by atoms with Crippen molar-refractivity contribution >= 4 is 136 Å². The van der Waals surface area contributed by atoms with Crippen molar-refractivity contribution < 1.29 is 9.59 Å². The molecule has 0 aliphatic carbocycles. The standard InChI is InChI=1S/C24H13BIN.C24H14BN.C4H4INO2/c26-14-12-19-16-7-2-4-11-22(16)25-21-10-3-1-6-15(21)17-8-5-9-18-20(13-14)24(19)27(25)23(17)18;1-3-13-21-15(7-1)17-9-5-11-19-20-12-6-10-18-16-8-2-4-14-22(16)25(21)26(23(17)19)24(18)20;5-6-3(7)1-2-4(6)8/h1-13H;1-14H;1-2H2. The molecule has 286 valence electrons. The second-order valence-electron chi connectivity index (χ2n) is 16.4. The number of nitrogens with zero attached hydrogens (tertiary/aromatic N) is 3. The van der Waals surface area contributed by atoms with Gasteiger partial charge in [0.1, 0.15) is 0 Å². The summed E-state index contributed by atoms with van der Waals surface area (Å²) in [7, 11) is 0. The van der Waals surface area contributed by atoms with E-state index in [9.17, 15) is 9.59 Å². The highest BCUT2D eigenvalue weighted by atomic mass is 127. The second kappa shape index (κ2) is 13.3. The number of para-hydroxylation sites is 3. The number of rotatable bonds is 0. The summed E-state index contributed by atoms with van der Waals surface area (Å²) in [6.45, 7) is 0.507. The maximum absolute atomic E-state index is 10.5. The molecule has 0 atom stereocenters. The number of aromatic nitrogens is 2. The van der Waals surface area contributed by atoms with E-state index in [0.29, 0.717) is 12.8 Å². The first-order valence-electron chi connectivity index (χ1n) is 20.7. The van der Waals surface area contributed by atoms with Crippen LogP contribution in [-0.2, 0) is 9.59 Å². The number of benzene rings is 8. The molecule has 9 heteroatoms. The molecule has 0 saturated carbocycles. The van der Waals surface area contributed by atoms with Gasteiger partial charge in [-0.05, 0) is 78.8 Å². The third kappa shape index (κ3) is 4.90. The van der Waals surface area contributed by atoms with Gasteiger partial charge in [0.25, 0.3) is 0 Å². The van der Waals surface area contributed by atoms with E-state index in [4.69, 9.17) is 0 Å². The van der Waals surface area contributed by atoms with Gasteiger partial charge in [-0.1, -0.05) is 152 Å². The van der Waals surface area contributed by atoms with Gasteiger partial charge >= 0.3 is 13.7 Å². The highest BCUT2D eigenvalue weighted by Gasteiger charge is 2.40. The SMILES string of the molecule is Ic1cc2c3c(c1)c1cccc4c1n3B(c1ccccc1-4)c1ccccc1-2.O=C1CCC(=O)N1I.c1ccc2c(c1)B1c3ccccc3-c3cccc4c5cccc-2c5n1c34. The topological polar surface area (TPSA) is 47.2 Å². The molecule has 8 aromatic carbocycles. The van der Waals surface area contributed by atoms with Gasteiger partial charge in [-0.3, -0.25) is 9.59 Å². The van der Waals surface area contributed by atoms with Crippen LogP contribution in [0.1, 0.15) is 12.8 Å². The van der Waals surface area contributed by atoms with Crippen LogP contribution < -0.4 is 21.9 Å². The van der Waals surface area contributed by atoms with Crippen molar-refractivity contribution in [1.29, 1.82) is 0 Å². The molecule has 61 heavy (non-hydrogen) atoms. The lowest BCUT2D eigenvalue weighted by Crippen LogP contribution is -2.53. The maximum atomic E-state index is 10.5. The molecular weight excluding hydrogens is 974 g/mol. The van der Waals surface area contributed by atoms with E-state index in [1.807, 2.05) is 0 Å². The van der Waals surface area contributed by atoms with Gasteiger partial charge in [0.2, 0.25) is 11.8 Å². The molecule has 5 nitrogen and oxygen atoms in total. The van der Waals surface area contributed by atoms with Crippen molar-refractivity contribution in [3.8, 4) is 44.5 Å². The van der Waals surface area contributed by atoms with E-state index in [1.165, 1.54) is 114 Å². The van der Waals surface area contributed by atoms with Crippen LogP contribution in [0.3, 0.4) is 0 Å². The predicted molar refractivity (Wildman–Crippen MR) is 269 cm³/mol. The zero-order valence-electron chi connectivity index (χ0n) is 32.6. The summed E-state index contributed by atoms with van der Waals surface area (Å²) >= 11 is 4.18. The Morgan fingerprint density at radius 3 is 1.08 bits per heavy atom. The van der Waals surface area contributed by atoms with Crippen LogP contribution in [0.2, 0.25) is 0 Å². The van der Waals surface area contributed by atoms with Crippen molar-refractivity contribution in [2.24, 2.45) is 0 Å². The van der Waals surface area contributed by atoms with Gasteiger partial charge in [0, 0.05) is 82.3 Å². The summed E-state index contributed by atoms with van der Waals surface area (Å²) in [5.41, 5.74) is 22.1. The predicted octanol–water partition coefficient (Wildman–Crippen LogP) is 9.91. The molecular formula is C52H31B2I2N3O2. The third-order valence-corrected chi connectivity index (χ3v) is 15.1. The van der Waals surface area contributed by atoms with Gasteiger partial charge in [0.05, 0.1) is 22.9 Å².